The summed E-state index contributed by atoms with van der Waals surface area (Å²) in [5.41, 5.74) is 2.37. The summed E-state index contributed by atoms with van der Waals surface area (Å²) in [5, 5.41) is 41.1. The van der Waals surface area contributed by atoms with Crippen LogP contribution in [-0.4, -0.2) is 70.3 Å². The van der Waals surface area contributed by atoms with Gasteiger partial charge < -0.3 is 29.9 Å². The summed E-state index contributed by atoms with van der Waals surface area (Å²) in [6.07, 6.45) is 9.73. The van der Waals surface area contributed by atoms with Crippen LogP contribution in [0.1, 0.15) is 32.6 Å². The molecule has 4 rings (SSSR count). The minimum absolute atomic E-state index is 0.116. The number of allylic oxidation sites excluding steroid dienone is 7. The summed E-state index contributed by atoms with van der Waals surface area (Å²) in [4.78, 5) is 0. The minimum Gasteiger partial charge on any atom is -0.394 e. The number of aliphatic hydroxyl groups is 4. The molecule has 4 aliphatic rings. The third-order valence-electron chi connectivity index (χ3n) is 6.96. The highest BCUT2D eigenvalue weighted by Gasteiger charge is 2.59. The summed E-state index contributed by atoms with van der Waals surface area (Å²) < 4.78 is 11.8. The van der Waals surface area contributed by atoms with E-state index in [0.29, 0.717) is 18.9 Å². The Morgan fingerprint density at radius 2 is 2.00 bits per heavy atom. The highest BCUT2D eigenvalue weighted by Crippen LogP contribution is 2.47. The first-order chi connectivity index (χ1) is 14.0. The Hall–Kier alpha value is -1.28. The topological polar surface area (TPSA) is 99.4 Å². The third-order valence-corrected chi connectivity index (χ3v) is 6.96. The maximum Gasteiger partial charge on any atom is 0.127 e. The molecule has 0 aromatic carbocycles. The fourth-order valence-corrected chi connectivity index (χ4v) is 5.07. The summed E-state index contributed by atoms with van der Waals surface area (Å²) >= 11 is 0. The van der Waals surface area contributed by atoms with E-state index in [1.165, 1.54) is 11.1 Å². The first-order valence-corrected chi connectivity index (χ1v) is 10.6. The predicted molar refractivity (Wildman–Crippen MR) is 108 cm³/mol. The van der Waals surface area contributed by atoms with Crippen molar-refractivity contribution in [2.24, 2.45) is 11.8 Å². The second kappa shape index (κ2) is 8.46. The van der Waals surface area contributed by atoms with Gasteiger partial charge in [0, 0.05) is 5.92 Å². The van der Waals surface area contributed by atoms with E-state index in [0.717, 1.165) is 24.8 Å². The second-order valence-electron chi connectivity index (χ2n) is 8.75. The molecule has 6 nitrogen and oxygen atoms in total. The Balaban J connectivity index is 1.55. The van der Waals surface area contributed by atoms with E-state index in [1.807, 2.05) is 6.08 Å². The van der Waals surface area contributed by atoms with Crippen molar-refractivity contribution in [3.63, 3.8) is 0 Å². The third kappa shape index (κ3) is 3.78. The van der Waals surface area contributed by atoms with Crippen molar-refractivity contribution in [3.8, 4) is 0 Å². The first kappa shape index (κ1) is 21.0. The van der Waals surface area contributed by atoms with Crippen LogP contribution in [0.4, 0.5) is 0 Å². The molecule has 4 N–H and O–H groups in total. The van der Waals surface area contributed by atoms with Crippen LogP contribution in [0, 0.1) is 11.8 Å². The summed E-state index contributed by atoms with van der Waals surface area (Å²) in [5.74, 6) is 0.456. The highest BCUT2D eigenvalue weighted by molar-refractivity contribution is 5.37. The Morgan fingerprint density at radius 3 is 2.69 bits per heavy atom. The monoisotopic (exact) mass is 404 g/mol. The van der Waals surface area contributed by atoms with Crippen LogP contribution in [0.25, 0.3) is 0 Å². The smallest absolute Gasteiger partial charge is 0.127 e. The van der Waals surface area contributed by atoms with Gasteiger partial charge in [0.2, 0.25) is 0 Å². The molecule has 2 saturated heterocycles. The Labute approximate surface area is 171 Å². The second-order valence-corrected chi connectivity index (χ2v) is 8.75. The van der Waals surface area contributed by atoms with Crippen LogP contribution >= 0.6 is 0 Å². The van der Waals surface area contributed by atoms with E-state index in [4.69, 9.17) is 9.47 Å². The zero-order chi connectivity index (χ0) is 20.6. The van der Waals surface area contributed by atoms with E-state index in [-0.39, 0.29) is 12.5 Å². The fourth-order valence-electron chi connectivity index (χ4n) is 5.07. The number of fused-ring (bicyclic) bond motifs is 2. The lowest BCUT2D eigenvalue weighted by molar-refractivity contribution is -0.305. The molecular weight excluding hydrogens is 372 g/mol. The molecule has 0 radical (unpaired) electrons. The first-order valence-electron chi connectivity index (χ1n) is 10.6. The van der Waals surface area contributed by atoms with Gasteiger partial charge in [-0.1, -0.05) is 42.9 Å². The lowest BCUT2D eigenvalue weighted by Gasteiger charge is -2.55. The van der Waals surface area contributed by atoms with Gasteiger partial charge in [-0.05, 0) is 42.7 Å². The number of hydrogen-bond acceptors (Lipinski definition) is 6. The van der Waals surface area contributed by atoms with Gasteiger partial charge in [-0.15, -0.1) is 0 Å². The maximum absolute atomic E-state index is 10.9. The number of rotatable bonds is 4. The lowest BCUT2D eigenvalue weighted by atomic mass is 9.68. The van der Waals surface area contributed by atoms with E-state index in [9.17, 15) is 20.4 Å². The molecule has 2 aliphatic carbocycles. The molecule has 6 heteroatoms. The molecule has 0 saturated carbocycles. The van der Waals surface area contributed by atoms with Crippen molar-refractivity contribution in [1.82, 2.24) is 0 Å². The molecule has 1 spiro atoms. The van der Waals surface area contributed by atoms with Crippen LogP contribution in [0.5, 0.6) is 0 Å². The quantitative estimate of drug-likeness (QED) is 0.565. The van der Waals surface area contributed by atoms with Crippen LogP contribution in [-0.2, 0) is 9.47 Å². The van der Waals surface area contributed by atoms with Crippen LogP contribution < -0.4 is 0 Å². The van der Waals surface area contributed by atoms with Gasteiger partial charge in [0.05, 0.1) is 19.8 Å². The van der Waals surface area contributed by atoms with Gasteiger partial charge in [-0.25, -0.2) is 0 Å². The van der Waals surface area contributed by atoms with Gasteiger partial charge in [0.15, 0.2) is 0 Å². The van der Waals surface area contributed by atoms with Gasteiger partial charge >= 0.3 is 0 Å². The summed E-state index contributed by atoms with van der Waals surface area (Å²) in [7, 11) is 0. The fraction of sp³-hybridized carbons (Fsp3) is 0.652. The molecular formula is C23H32O6. The standard InChI is InChI=1S/C23H32O6/c1-2-14-3-5-15(6-4-14)9-16-7-8-17-12-28-13-23(18(17)10-16)22(27)21(26)20(25)19(11-24)29-23/h3,5-8,14,18-22,24-27H,2,4,9-13H2,1H3/t14?,18?,19-,20-,21+,22-,23+/m1/s1. The highest BCUT2D eigenvalue weighted by atomic mass is 16.6. The van der Waals surface area contributed by atoms with Gasteiger partial charge in [-0.3, -0.25) is 0 Å². The number of hydrogen-bond donors (Lipinski definition) is 4. The van der Waals surface area contributed by atoms with E-state index in [2.05, 4.69) is 31.2 Å². The normalized spacial score (nSPS) is 42.2. The maximum atomic E-state index is 10.9. The molecule has 2 unspecified atom stereocenters. The van der Waals surface area contributed by atoms with Crippen molar-refractivity contribution in [2.75, 3.05) is 19.8 Å². The van der Waals surface area contributed by atoms with Gasteiger partial charge in [-0.2, -0.15) is 0 Å². The minimum atomic E-state index is -1.40. The molecule has 2 aliphatic heterocycles. The van der Waals surface area contributed by atoms with Crippen molar-refractivity contribution in [1.29, 1.82) is 0 Å². The molecule has 7 atom stereocenters. The molecule has 0 bridgehead atoms. The Morgan fingerprint density at radius 1 is 1.17 bits per heavy atom. The Kier molecular flexibility index (Phi) is 6.11. The predicted octanol–water partition coefficient (Wildman–Crippen LogP) is 1.40. The average Bonchev–Trinajstić information content (AvgIpc) is 2.76. The molecule has 0 amide bonds. The SMILES string of the molecule is CCC1C=CC(CC2=CC=C3COC[C@]4(O[C@H](CO)[C@@H](O)[C@H](O)[C@H]4O)C3C2)=CC1. The molecule has 29 heavy (non-hydrogen) atoms. The lowest BCUT2D eigenvalue weighted by Crippen LogP contribution is -2.70. The van der Waals surface area contributed by atoms with E-state index in [1.54, 1.807) is 0 Å². The van der Waals surface area contributed by atoms with E-state index >= 15 is 0 Å². The zero-order valence-corrected chi connectivity index (χ0v) is 16.9. The van der Waals surface area contributed by atoms with E-state index < -0.39 is 36.6 Å². The Bertz CT molecular complexity index is 736. The van der Waals surface area contributed by atoms with Crippen LogP contribution in [0.15, 0.2) is 47.1 Å². The summed E-state index contributed by atoms with van der Waals surface area (Å²) in [6, 6.07) is 0. The van der Waals surface area contributed by atoms with Crippen molar-refractivity contribution in [3.05, 3.63) is 47.1 Å². The largest absolute Gasteiger partial charge is 0.394 e. The van der Waals surface area contributed by atoms with Gasteiger partial charge in [0.25, 0.3) is 0 Å². The molecule has 0 aromatic rings. The molecule has 0 aromatic heterocycles. The number of ether oxygens (including phenoxy) is 2. The van der Waals surface area contributed by atoms with Crippen LogP contribution in [0.2, 0.25) is 0 Å². The van der Waals surface area contributed by atoms with Gasteiger partial charge in [0.1, 0.15) is 30.0 Å². The van der Waals surface area contributed by atoms with Crippen molar-refractivity contribution >= 4 is 0 Å². The zero-order valence-electron chi connectivity index (χ0n) is 16.9. The average molecular weight is 405 g/mol. The molecule has 2 heterocycles. The summed E-state index contributed by atoms with van der Waals surface area (Å²) in [6.45, 7) is 2.34. The van der Waals surface area contributed by atoms with Crippen LogP contribution in [0.3, 0.4) is 0 Å². The van der Waals surface area contributed by atoms with Crippen molar-refractivity contribution in [2.45, 2.75) is 62.6 Å². The van der Waals surface area contributed by atoms with Crippen molar-refractivity contribution < 1.29 is 29.9 Å². The molecule has 2 fully saturated rings. The molecule has 160 valence electrons. The number of aliphatic hydroxyl groups excluding tert-OH is 4.